The minimum absolute atomic E-state index is 0.698. The molecule has 0 saturated heterocycles. The van der Waals surface area contributed by atoms with Gasteiger partial charge in [-0.05, 0) is 37.8 Å². The van der Waals surface area contributed by atoms with Gasteiger partial charge in [0.1, 0.15) is 0 Å². The van der Waals surface area contributed by atoms with Gasteiger partial charge < -0.3 is 11.1 Å². The quantitative estimate of drug-likeness (QED) is 0.710. The molecule has 15 heavy (non-hydrogen) atoms. The topological polar surface area (TPSA) is 38.0 Å². The van der Waals surface area contributed by atoms with Crippen molar-refractivity contribution in [3.05, 3.63) is 0 Å². The average molecular weight is 212 g/mol. The molecule has 2 nitrogen and oxygen atoms in total. The van der Waals surface area contributed by atoms with Crippen molar-refractivity contribution in [1.82, 2.24) is 5.32 Å². The normalized spacial score (nSPS) is 27.2. The first-order valence-electron chi connectivity index (χ1n) is 6.75. The third-order valence-electron chi connectivity index (χ3n) is 4.04. The van der Waals surface area contributed by atoms with Crippen molar-refractivity contribution in [3.8, 4) is 0 Å². The minimum atomic E-state index is 0.698. The average Bonchev–Trinajstić information content (AvgIpc) is 2.31. The Morgan fingerprint density at radius 3 is 2.47 bits per heavy atom. The third-order valence-corrected chi connectivity index (χ3v) is 4.04. The van der Waals surface area contributed by atoms with Crippen LogP contribution in [0.25, 0.3) is 0 Å². The van der Waals surface area contributed by atoms with Crippen LogP contribution in [0.4, 0.5) is 0 Å². The summed E-state index contributed by atoms with van der Waals surface area (Å²) in [6.07, 6.45) is 8.02. The highest BCUT2D eigenvalue weighted by molar-refractivity contribution is 4.82. The summed E-state index contributed by atoms with van der Waals surface area (Å²) in [6, 6.07) is 0.698. The van der Waals surface area contributed by atoms with E-state index in [4.69, 9.17) is 5.73 Å². The van der Waals surface area contributed by atoms with E-state index in [1.165, 1.54) is 45.1 Å². The Morgan fingerprint density at radius 1 is 1.20 bits per heavy atom. The van der Waals surface area contributed by atoms with Gasteiger partial charge in [-0.15, -0.1) is 0 Å². The number of nitrogens with two attached hydrogens (primary N) is 1. The SMILES string of the molecule is CCC(CC)CNC1CCCCC1CN. The molecule has 1 aliphatic rings. The Bertz CT molecular complexity index is 155. The van der Waals surface area contributed by atoms with E-state index < -0.39 is 0 Å². The van der Waals surface area contributed by atoms with Crippen LogP contribution in [0.5, 0.6) is 0 Å². The van der Waals surface area contributed by atoms with Crippen LogP contribution in [0, 0.1) is 11.8 Å². The van der Waals surface area contributed by atoms with E-state index in [1.54, 1.807) is 0 Å². The fourth-order valence-corrected chi connectivity index (χ4v) is 2.65. The molecule has 0 heterocycles. The first-order chi connectivity index (χ1) is 7.31. The second kappa shape index (κ2) is 7.24. The molecular weight excluding hydrogens is 184 g/mol. The van der Waals surface area contributed by atoms with E-state index in [0.29, 0.717) is 6.04 Å². The molecule has 90 valence electrons. The van der Waals surface area contributed by atoms with Crippen LogP contribution in [0.3, 0.4) is 0 Å². The Balaban J connectivity index is 2.28. The van der Waals surface area contributed by atoms with Gasteiger partial charge >= 0.3 is 0 Å². The third kappa shape index (κ3) is 4.12. The molecule has 3 N–H and O–H groups in total. The zero-order chi connectivity index (χ0) is 11.1. The van der Waals surface area contributed by atoms with Crippen molar-refractivity contribution in [2.75, 3.05) is 13.1 Å². The first-order valence-corrected chi connectivity index (χ1v) is 6.75. The molecule has 0 bridgehead atoms. The lowest BCUT2D eigenvalue weighted by atomic mass is 9.84. The number of nitrogens with one attached hydrogen (secondary N) is 1. The maximum atomic E-state index is 5.83. The molecule has 1 rings (SSSR count). The summed E-state index contributed by atoms with van der Waals surface area (Å²) in [5, 5.41) is 3.74. The van der Waals surface area contributed by atoms with Crippen molar-refractivity contribution in [2.45, 2.75) is 58.4 Å². The van der Waals surface area contributed by atoms with Crippen LogP contribution in [0.1, 0.15) is 52.4 Å². The summed E-state index contributed by atoms with van der Waals surface area (Å²) in [7, 11) is 0. The molecule has 0 radical (unpaired) electrons. The second-order valence-electron chi connectivity index (χ2n) is 4.98. The molecular formula is C13H28N2. The van der Waals surface area contributed by atoms with Gasteiger partial charge in [0.25, 0.3) is 0 Å². The Morgan fingerprint density at radius 2 is 1.87 bits per heavy atom. The van der Waals surface area contributed by atoms with Gasteiger partial charge in [0, 0.05) is 6.04 Å². The van der Waals surface area contributed by atoms with Gasteiger partial charge in [-0.25, -0.2) is 0 Å². The van der Waals surface area contributed by atoms with Crippen molar-refractivity contribution in [3.63, 3.8) is 0 Å². The standard InChI is InChI=1S/C13H28N2/c1-3-11(4-2)10-15-13-8-6-5-7-12(13)9-14/h11-13,15H,3-10,14H2,1-2H3. The summed E-state index contributed by atoms with van der Waals surface area (Å²) in [4.78, 5) is 0. The summed E-state index contributed by atoms with van der Waals surface area (Å²) in [5.41, 5.74) is 5.83. The Kier molecular flexibility index (Phi) is 6.26. The second-order valence-corrected chi connectivity index (χ2v) is 4.98. The molecule has 2 heteroatoms. The number of rotatable bonds is 6. The van der Waals surface area contributed by atoms with Crippen molar-refractivity contribution in [1.29, 1.82) is 0 Å². The molecule has 1 aliphatic carbocycles. The molecule has 0 spiro atoms. The van der Waals surface area contributed by atoms with E-state index in [-0.39, 0.29) is 0 Å². The fourth-order valence-electron chi connectivity index (χ4n) is 2.65. The van der Waals surface area contributed by atoms with Crippen LogP contribution in [0.2, 0.25) is 0 Å². The maximum absolute atomic E-state index is 5.83. The molecule has 1 saturated carbocycles. The lowest BCUT2D eigenvalue weighted by Gasteiger charge is -2.32. The molecule has 0 aromatic rings. The lowest BCUT2D eigenvalue weighted by molar-refractivity contribution is 0.254. The predicted molar refractivity (Wildman–Crippen MR) is 66.9 cm³/mol. The maximum Gasteiger partial charge on any atom is 0.0107 e. The van der Waals surface area contributed by atoms with E-state index in [1.807, 2.05) is 0 Å². The van der Waals surface area contributed by atoms with Crippen molar-refractivity contribution in [2.24, 2.45) is 17.6 Å². The summed E-state index contributed by atoms with van der Waals surface area (Å²) < 4.78 is 0. The number of hydrogen-bond acceptors (Lipinski definition) is 2. The smallest absolute Gasteiger partial charge is 0.0107 e. The molecule has 2 unspecified atom stereocenters. The molecule has 0 aromatic heterocycles. The van der Waals surface area contributed by atoms with E-state index in [9.17, 15) is 0 Å². The van der Waals surface area contributed by atoms with Gasteiger partial charge in [0.05, 0.1) is 0 Å². The molecule has 0 amide bonds. The van der Waals surface area contributed by atoms with Crippen LogP contribution >= 0.6 is 0 Å². The molecule has 0 aliphatic heterocycles. The largest absolute Gasteiger partial charge is 0.330 e. The van der Waals surface area contributed by atoms with Gasteiger partial charge in [-0.3, -0.25) is 0 Å². The predicted octanol–water partition coefficient (Wildman–Crippen LogP) is 2.53. The van der Waals surface area contributed by atoms with Crippen molar-refractivity contribution < 1.29 is 0 Å². The van der Waals surface area contributed by atoms with Gasteiger partial charge in [0.2, 0.25) is 0 Å². The molecule has 0 aromatic carbocycles. The lowest BCUT2D eigenvalue weighted by Crippen LogP contribution is -2.43. The van der Waals surface area contributed by atoms with Crippen LogP contribution in [-0.4, -0.2) is 19.1 Å². The van der Waals surface area contributed by atoms with Crippen LogP contribution < -0.4 is 11.1 Å². The number of hydrogen-bond donors (Lipinski definition) is 2. The molecule has 2 atom stereocenters. The molecule has 1 fully saturated rings. The first kappa shape index (κ1) is 13.0. The van der Waals surface area contributed by atoms with Crippen LogP contribution in [0.15, 0.2) is 0 Å². The highest BCUT2D eigenvalue weighted by Gasteiger charge is 2.23. The highest BCUT2D eigenvalue weighted by atomic mass is 14.9. The van der Waals surface area contributed by atoms with E-state index >= 15 is 0 Å². The monoisotopic (exact) mass is 212 g/mol. The zero-order valence-corrected chi connectivity index (χ0v) is 10.5. The van der Waals surface area contributed by atoms with Crippen molar-refractivity contribution >= 4 is 0 Å². The van der Waals surface area contributed by atoms with Gasteiger partial charge in [-0.2, -0.15) is 0 Å². The van der Waals surface area contributed by atoms with E-state index in [2.05, 4.69) is 19.2 Å². The minimum Gasteiger partial charge on any atom is -0.330 e. The van der Waals surface area contributed by atoms with Gasteiger partial charge in [-0.1, -0.05) is 39.5 Å². The highest BCUT2D eigenvalue weighted by Crippen LogP contribution is 2.23. The fraction of sp³-hybridized carbons (Fsp3) is 1.00. The Hall–Kier alpha value is -0.0800. The van der Waals surface area contributed by atoms with E-state index in [0.717, 1.165) is 18.4 Å². The summed E-state index contributed by atoms with van der Waals surface area (Å²) >= 11 is 0. The summed E-state index contributed by atoms with van der Waals surface area (Å²) in [6.45, 7) is 6.63. The Labute approximate surface area is 95.0 Å². The van der Waals surface area contributed by atoms with Crippen LogP contribution in [-0.2, 0) is 0 Å². The zero-order valence-electron chi connectivity index (χ0n) is 10.5. The van der Waals surface area contributed by atoms with Gasteiger partial charge in [0.15, 0.2) is 0 Å². The summed E-state index contributed by atoms with van der Waals surface area (Å²) in [5.74, 6) is 1.58.